The lowest BCUT2D eigenvalue weighted by Crippen LogP contribution is -2.14. The van der Waals surface area contributed by atoms with E-state index in [0.29, 0.717) is 16.4 Å². The van der Waals surface area contributed by atoms with Gasteiger partial charge in [-0.25, -0.2) is 0 Å². The van der Waals surface area contributed by atoms with Gasteiger partial charge in [0.15, 0.2) is 0 Å². The van der Waals surface area contributed by atoms with Crippen LogP contribution in [0.2, 0.25) is 0 Å². The number of hydrogen-bond acceptors (Lipinski definition) is 5. The van der Waals surface area contributed by atoms with Crippen molar-refractivity contribution in [2.75, 3.05) is 11.1 Å². The van der Waals surface area contributed by atoms with Crippen LogP contribution in [0, 0.1) is 13.8 Å². The molecule has 94 valence electrons. The Bertz CT molecular complexity index is 611. The lowest BCUT2D eigenvalue weighted by Gasteiger charge is -2.08. The maximum absolute atomic E-state index is 12.1. The summed E-state index contributed by atoms with van der Waals surface area (Å²) < 4.78 is 0.768. The first-order chi connectivity index (χ1) is 8.47. The van der Waals surface area contributed by atoms with Crippen molar-refractivity contribution in [2.24, 2.45) is 0 Å². The zero-order chi connectivity index (χ0) is 13.3. The van der Waals surface area contributed by atoms with Gasteiger partial charge in [-0.05, 0) is 31.5 Å². The molecule has 0 saturated heterocycles. The van der Waals surface area contributed by atoms with Gasteiger partial charge in [-0.1, -0.05) is 27.3 Å². The summed E-state index contributed by atoms with van der Waals surface area (Å²) in [5.41, 5.74) is 7.66. The van der Waals surface area contributed by atoms with Crippen LogP contribution in [0.5, 0.6) is 0 Å². The number of nitrogens with one attached hydrogen (secondary N) is 1. The van der Waals surface area contributed by atoms with E-state index in [9.17, 15) is 4.79 Å². The molecule has 7 heteroatoms. The molecule has 1 heterocycles. The fourth-order valence-electron chi connectivity index (χ4n) is 1.45. The third kappa shape index (κ3) is 2.68. The fourth-order valence-corrected chi connectivity index (χ4v) is 2.51. The van der Waals surface area contributed by atoms with Crippen LogP contribution >= 0.6 is 27.3 Å². The number of halogens is 1. The summed E-state index contributed by atoms with van der Waals surface area (Å²) >= 11 is 4.65. The van der Waals surface area contributed by atoms with Gasteiger partial charge >= 0.3 is 0 Å². The van der Waals surface area contributed by atoms with Gasteiger partial charge in [-0.15, -0.1) is 10.2 Å². The SMILES string of the molecule is Cc1nnc(NC(=O)c2cc(Br)cc(N)c2C)s1. The molecule has 0 aliphatic rings. The van der Waals surface area contributed by atoms with E-state index < -0.39 is 0 Å². The lowest BCUT2D eigenvalue weighted by atomic mass is 10.1. The number of rotatable bonds is 2. The van der Waals surface area contributed by atoms with Crippen molar-refractivity contribution in [3.63, 3.8) is 0 Å². The van der Waals surface area contributed by atoms with E-state index in [1.165, 1.54) is 11.3 Å². The largest absolute Gasteiger partial charge is 0.398 e. The smallest absolute Gasteiger partial charge is 0.257 e. The quantitative estimate of drug-likeness (QED) is 0.831. The Hall–Kier alpha value is -1.47. The summed E-state index contributed by atoms with van der Waals surface area (Å²) in [5.74, 6) is -0.239. The molecule has 2 rings (SSSR count). The summed E-state index contributed by atoms with van der Waals surface area (Å²) in [6, 6.07) is 3.50. The molecule has 1 amide bonds. The van der Waals surface area contributed by atoms with Gasteiger partial charge in [0.05, 0.1) is 0 Å². The maximum atomic E-state index is 12.1. The van der Waals surface area contributed by atoms with Gasteiger partial charge in [0, 0.05) is 15.7 Å². The summed E-state index contributed by atoms with van der Waals surface area (Å²) in [5, 5.41) is 11.7. The molecule has 1 aromatic heterocycles. The monoisotopic (exact) mass is 326 g/mol. The van der Waals surface area contributed by atoms with E-state index in [1.807, 2.05) is 13.8 Å². The van der Waals surface area contributed by atoms with E-state index in [-0.39, 0.29) is 5.91 Å². The molecule has 0 aliphatic carbocycles. The van der Waals surface area contributed by atoms with Gasteiger partial charge < -0.3 is 5.73 Å². The number of hydrogen-bond donors (Lipinski definition) is 2. The zero-order valence-electron chi connectivity index (χ0n) is 9.82. The van der Waals surface area contributed by atoms with Crippen LogP contribution < -0.4 is 11.1 Å². The second-order valence-electron chi connectivity index (χ2n) is 3.75. The molecule has 0 fully saturated rings. The molecule has 0 aliphatic heterocycles. The molecular weight excluding hydrogens is 316 g/mol. The molecule has 5 nitrogen and oxygen atoms in total. The number of nitrogen functional groups attached to an aromatic ring is 1. The Balaban J connectivity index is 2.29. The predicted octanol–water partition coefficient (Wildman–Crippen LogP) is 2.75. The van der Waals surface area contributed by atoms with Gasteiger partial charge in [0.25, 0.3) is 5.91 Å². The van der Waals surface area contributed by atoms with Gasteiger partial charge in [-0.3, -0.25) is 10.1 Å². The molecule has 18 heavy (non-hydrogen) atoms. The topological polar surface area (TPSA) is 80.9 Å². The first kappa shape index (κ1) is 13.0. The minimum Gasteiger partial charge on any atom is -0.398 e. The Morgan fingerprint density at radius 2 is 2.11 bits per heavy atom. The number of amides is 1. The Morgan fingerprint density at radius 1 is 1.39 bits per heavy atom. The van der Waals surface area contributed by atoms with E-state index in [0.717, 1.165) is 15.0 Å². The van der Waals surface area contributed by atoms with Crippen LogP contribution in [0.4, 0.5) is 10.8 Å². The average molecular weight is 327 g/mol. The number of carbonyl (C=O) groups excluding carboxylic acids is 1. The predicted molar refractivity (Wildman–Crippen MR) is 75.9 cm³/mol. The number of carbonyl (C=O) groups is 1. The Kier molecular flexibility index (Phi) is 3.63. The standard InChI is InChI=1S/C11H11BrN4OS/c1-5-8(3-7(12)4-9(5)13)10(17)14-11-16-15-6(2)18-11/h3-4H,13H2,1-2H3,(H,14,16,17). The normalized spacial score (nSPS) is 10.4. The Labute approximate surface area is 117 Å². The van der Waals surface area contributed by atoms with Crippen LogP contribution in [0.1, 0.15) is 20.9 Å². The number of benzene rings is 1. The van der Waals surface area contributed by atoms with E-state index >= 15 is 0 Å². The van der Waals surface area contributed by atoms with Crippen molar-refractivity contribution >= 4 is 44.0 Å². The van der Waals surface area contributed by atoms with Crippen molar-refractivity contribution < 1.29 is 4.79 Å². The first-order valence-electron chi connectivity index (χ1n) is 5.14. The van der Waals surface area contributed by atoms with Crippen molar-refractivity contribution in [1.29, 1.82) is 0 Å². The van der Waals surface area contributed by atoms with Crippen molar-refractivity contribution in [3.05, 3.63) is 32.7 Å². The van der Waals surface area contributed by atoms with E-state index in [1.54, 1.807) is 12.1 Å². The molecular formula is C11H11BrN4OS. The van der Waals surface area contributed by atoms with Crippen LogP contribution in [0.25, 0.3) is 0 Å². The summed E-state index contributed by atoms with van der Waals surface area (Å²) in [6.07, 6.45) is 0. The number of nitrogens with two attached hydrogens (primary N) is 1. The number of nitrogens with zero attached hydrogens (tertiary/aromatic N) is 2. The van der Waals surface area contributed by atoms with Crippen molar-refractivity contribution in [1.82, 2.24) is 10.2 Å². The van der Waals surface area contributed by atoms with Crippen LogP contribution in [-0.2, 0) is 0 Å². The van der Waals surface area contributed by atoms with Gasteiger partial charge in [0.2, 0.25) is 5.13 Å². The maximum Gasteiger partial charge on any atom is 0.257 e. The van der Waals surface area contributed by atoms with Crippen LogP contribution in [-0.4, -0.2) is 16.1 Å². The minimum atomic E-state index is -0.239. The Morgan fingerprint density at radius 3 is 2.72 bits per heavy atom. The molecule has 0 saturated carbocycles. The van der Waals surface area contributed by atoms with E-state index in [2.05, 4.69) is 31.4 Å². The molecule has 0 bridgehead atoms. The molecule has 0 atom stereocenters. The second-order valence-corrected chi connectivity index (χ2v) is 5.85. The summed E-state index contributed by atoms with van der Waals surface area (Å²) in [7, 11) is 0. The molecule has 1 aromatic carbocycles. The number of aryl methyl sites for hydroxylation is 1. The second kappa shape index (κ2) is 5.03. The van der Waals surface area contributed by atoms with Crippen LogP contribution in [0.3, 0.4) is 0 Å². The highest BCUT2D eigenvalue weighted by Crippen LogP contribution is 2.24. The number of aromatic nitrogens is 2. The van der Waals surface area contributed by atoms with Gasteiger partial charge in [0.1, 0.15) is 5.01 Å². The van der Waals surface area contributed by atoms with Crippen LogP contribution in [0.15, 0.2) is 16.6 Å². The lowest BCUT2D eigenvalue weighted by molar-refractivity contribution is 0.102. The summed E-state index contributed by atoms with van der Waals surface area (Å²) in [6.45, 7) is 3.64. The van der Waals surface area contributed by atoms with Crippen molar-refractivity contribution in [3.8, 4) is 0 Å². The fraction of sp³-hybridized carbons (Fsp3) is 0.182. The molecule has 0 spiro atoms. The number of anilines is 2. The third-order valence-electron chi connectivity index (χ3n) is 2.40. The average Bonchev–Trinajstić information content (AvgIpc) is 2.69. The van der Waals surface area contributed by atoms with E-state index in [4.69, 9.17) is 5.73 Å². The first-order valence-corrected chi connectivity index (χ1v) is 6.75. The highest BCUT2D eigenvalue weighted by atomic mass is 79.9. The minimum absolute atomic E-state index is 0.239. The third-order valence-corrected chi connectivity index (χ3v) is 3.62. The van der Waals surface area contributed by atoms with Gasteiger partial charge in [-0.2, -0.15) is 0 Å². The van der Waals surface area contributed by atoms with Crippen molar-refractivity contribution in [2.45, 2.75) is 13.8 Å². The highest BCUT2D eigenvalue weighted by molar-refractivity contribution is 9.10. The molecule has 0 radical (unpaired) electrons. The molecule has 0 unspecified atom stereocenters. The molecule has 3 N–H and O–H groups in total. The molecule has 2 aromatic rings. The summed E-state index contributed by atoms with van der Waals surface area (Å²) in [4.78, 5) is 12.1. The highest BCUT2D eigenvalue weighted by Gasteiger charge is 2.14. The zero-order valence-corrected chi connectivity index (χ0v) is 12.2.